The summed E-state index contributed by atoms with van der Waals surface area (Å²) in [5.74, 6) is -0.0176. The van der Waals surface area contributed by atoms with E-state index in [0.29, 0.717) is 36.8 Å². The van der Waals surface area contributed by atoms with Crippen molar-refractivity contribution in [3.8, 4) is 5.75 Å². The van der Waals surface area contributed by atoms with Gasteiger partial charge in [0, 0.05) is 37.7 Å². The van der Waals surface area contributed by atoms with E-state index in [0.717, 1.165) is 43.7 Å². The van der Waals surface area contributed by atoms with E-state index in [1.165, 1.54) is 12.8 Å². The van der Waals surface area contributed by atoms with Gasteiger partial charge in [0.15, 0.2) is 0 Å². The molecule has 5 aliphatic rings. The first kappa shape index (κ1) is 20.2. The molecule has 32 heavy (non-hydrogen) atoms. The maximum atomic E-state index is 12.9. The molecule has 3 amide bonds. The predicted octanol–water partition coefficient (Wildman–Crippen LogP) is 1.61. The van der Waals surface area contributed by atoms with E-state index in [2.05, 4.69) is 10.2 Å². The van der Waals surface area contributed by atoms with Crippen molar-refractivity contribution in [2.75, 3.05) is 13.1 Å². The monoisotopic (exact) mass is 439 g/mol. The van der Waals surface area contributed by atoms with Crippen LogP contribution in [0.15, 0.2) is 18.2 Å². The van der Waals surface area contributed by atoms with Crippen LogP contribution in [-0.4, -0.2) is 71.0 Å². The molecule has 4 heterocycles. The number of nitrogens with one attached hydrogen (secondary N) is 1. The Balaban J connectivity index is 1.15. The van der Waals surface area contributed by atoms with E-state index in [-0.39, 0.29) is 30.2 Å². The van der Waals surface area contributed by atoms with E-state index < -0.39 is 6.04 Å². The summed E-state index contributed by atoms with van der Waals surface area (Å²) in [6, 6.07) is 5.48. The number of likely N-dealkylation sites (tertiary alicyclic amines) is 1. The molecule has 8 nitrogen and oxygen atoms in total. The zero-order valence-corrected chi connectivity index (χ0v) is 18.1. The lowest BCUT2D eigenvalue weighted by atomic mass is 10.0. The topological polar surface area (TPSA) is 88.2 Å². The lowest BCUT2D eigenvalue weighted by Crippen LogP contribution is -2.52. The molecule has 8 heteroatoms. The number of imide groups is 1. The summed E-state index contributed by atoms with van der Waals surface area (Å²) in [4.78, 5) is 40.8. The molecule has 4 unspecified atom stereocenters. The Morgan fingerprint density at radius 1 is 1.00 bits per heavy atom. The van der Waals surface area contributed by atoms with Crippen molar-refractivity contribution < 1.29 is 23.9 Å². The molecule has 3 saturated heterocycles. The quantitative estimate of drug-likeness (QED) is 0.718. The van der Waals surface area contributed by atoms with Crippen LogP contribution >= 0.6 is 0 Å². The van der Waals surface area contributed by atoms with Gasteiger partial charge in [-0.1, -0.05) is 0 Å². The van der Waals surface area contributed by atoms with Crippen molar-refractivity contribution in [1.29, 1.82) is 0 Å². The van der Waals surface area contributed by atoms with Gasteiger partial charge in [0.1, 0.15) is 17.9 Å². The maximum absolute atomic E-state index is 12.9. The van der Waals surface area contributed by atoms with E-state index in [9.17, 15) is 14.4 Å². The Bertz CT molecular complexity index is 953. The lowest BCUT2D eigenvalue weighted by Gasteiger charge is -2.38. The van der Waals surface area contributed by atoms with Crippen molar-refractivity contribution >= 4 is 17.7 Å². The van der Waals surface area contributed by atoms with Crippen LogP contribution in [-0.2, 0) is 20.9 Å². The van der Waals surface area contributed by atoms with Crippen LogP contribution in [0.1, 0.15) is 60.9 Å². The van der Waals surface area contributed by atoms with E-state index in [1.807, 2.05) is 18.2 Å². The van der Waals surface area contributed by atoms with Crippen molar-refractivity contribution in [2.45, 2.75) is 81.9 Å². The van der Waals surface area contributed by atoms with Crippen molar-refractivity contribution in [1.82, 2.24) is 15.1 Å². The predicted molar refractivity (Wildman–Crippen MR) is 114 cm³/mol. The fourth-order valence-corrected chi connectivity index (χ4v) is 6.18. The molecule has 170 valence electrons. The standard InChI is InChI=1S/C24H29N3O5/c28-22-9-8-20(23(29)25-22)27-11-14-10-15(6-7-18(14)24(27)30)32-21-3-1-2-19(21)26-12-16-4-5-17(13-26)31-16/h6-7,10,16-17,19-21H,1-5,8-9,11-13H2,(H,25,28,29)/t16?,17?,19?,20?,21-/m0/s1. The average molecular weight is 440 g/mol. The fourth-order valence-electron chi connectivity index (χ4n) is 6.18. The fraction of sp³-hybridized carbons (Fsp3) is 0.625. The van der Waals surface area contributed by atoms with Crippen LogP contribution in [0.2, 0.25) is 0 Å². The Morgan fingerprint density at radius 2 is 1.81 bits per heavy atom. The van der Waals surface area contributed by atoms with Crippen LogP contribution in [0.25, 0.3) is 0 Å². The number of ether oxygens (including phenoxy) is 2. The molecule has 0 spiro atoms. The number of carbonyl (C=O) groups excluding carboxylic acids is 3. The van der Waals surface area contributed by atoms with E-state index in [1.54, 1.807) is 4.90 Å². The molecule has 1 N–H and O–H groups in total. The average Bonchev–Trinajstić information content (AvgIpc) is 3.46. The van der Waals surface area contributed by atoms with Gasteiger partial charge in [-0.3, -0.25) is 24.6 Å². The third-order valence-electron chi connectivity index (χ3n) is 7.74. The summed E-state index contributed by atoms with van der Waals surface area (Å²) in [7, 11) is 0. The second-order valence-corrected chi connectivity index (χ2v) is 9.78. The third-order valence-corrected chi connectivity index (χ3v) is 7.74. The number of hydrogen-bond donors (Lipinski definition) is 1. The van der Waals surface area contributed by atoms with E-state index in [4.69, 9.17) is 9.47 Å². The molecule has 1 aromatic carbocycles. The number of benzene rings is 1. The first-order valence-corrected chi connectivity index (χ1v) is 11.9. The number of rotatable bonds is 4. The first-order chi connectivity index (χ1) is 15.5. The Morgan fingerprint density at radius 3 is 2.59 bits per heavy atom. The molecule has 0 aromatic heterocycles. The Kier molecular flexibility index (Phi) is 4.95. The number of carbonyl (C=O) groups is 3. The number of amides is 3. The maximum Gasteiger partial charge on any atom is 0.255 e. The smallest absolute Gasteiger partial charge is 0.255 e. The number of fused-ring (bicyclic) bond motifs is 3. The van der Waals surface area contributed by atoms with Gasteiger partial charge in [0.05, 0.1) is 12.2 Å². The van der Waals surface area contributed by atoms with Crippen LogP contribution in [0.4, 0.5) is 0 Å². The number of hydrogen-bond acceptors (Lipinski definition) is 6. The summed E-state index contributed by atoms with van der Waals surface area (Å²) < 4.78 is 12.5. The largest absolute Gasteiger partial charge is 0.489 e. The van der Waals surface area contributed by atoms with Gasteiger partial charge in [-0.25, -0.2) is 0 Å². The normalized spacial score (nSPS) is 34.7. The Labute approximate surface area is 187 Å². The van der Waals surface area contributed by atoms with Gasteiger partial charge in [0.2, 0.25) is 11.8 Å². The molecule has 6 rings (SSSR count). The van der Waals surface area contributed by atoms with Crippen molar-refractivity contribution in [2.24, 2.45) is 0 Å². The van der Waals surface area contributed by atoms with Gasteiger partial charge >= 0.3 is 0 Å². The molecule has 2 bridgehead atoms. The van der Waals surface area contributed by atoms with Gasteiger partial charge in [-0.15, -0.1) is 0 Å². The van der Waals surface area contributed by atoms with Crippen LogP contribution in [0.3, 0.4) is 0 Å². The summed E-state index contributed by atoms with van der Waals surface area (Å²) in [5, 5.41) is 2.35. The number of morpholine rings is 1. The Hall–Kier alpha value is -2.45. The highest BCUT2D eigenvalue weighted by Gasteiger charge is 2.42. The molecule has 1 aliphatic carbocycles. The number of nitrogens with zero attached hydrogens (tertiary/aromatic N) is 2. The lowest BCUT2D eigenvalue weighted by molar-refractivity contribution is -0.136. The molecule has 5 atom stereocenters. The van der Waals surface area contributed by atoms with Crippen molar-refractivity contribution in [3.05, 3.63) is 29.3 Å². The summed E-state index contributed by atoms with van der Waals surface area (Å²) in [6.45, 7) is 2.37. The molecule has 1 aromatic rings. The van der Waals surface area contributed by atoms with E-state index >= 15 is 0 Å². The van der Waals surface area contributed by atoms with Crippen LogP contribution in [0.5, 0.6) is 5.75 Å². The van der Waals surface area contributed by atoms with Gasteiger partial charge in [-0.05, 0) is 62.3 Å². The zero-order chi connectivity index (χ0) is 21.8. The van der Waals surface area contributed by atoms with Gasteiger partial charge < -0.3 is 14.4 Å². The number of piperidine rings is 1. The minimum Gasteiger partial charge on any atom is -0.489 e. The van der Waals surface area contributed by atoms with Crippen LogP contribution in [0, 0.1) is 0 Å². The zero-order valence-electron chi connectivity index (χ0n) is 18.1. The second kappa shape index (κ2) is 7.85. The highest BCUT2D eigenvalue weighted by atomic mass is 16.5. The van der Waals surface area contributed by atoms with Crippen LogP contribution < -0.4 is 10.1 Å². The molecular formula is C24H29N3O5. The second-order valence-electron chi connectivity index (χ2n) is 9.78. The molecule has 4 fully saturated rings. The van der Waals surface area contributed by atoms with Crippen molar-refractivity contribution in [3.63, 3.8) is 0 Å². The SMILES string of the molecule is O=C1CCC(N2Cc3cc(O[C@H]4CCCC4N4CC5CCC(C4)O5)ccc3C2=O)C(=O)N1. The summed E-state index contributed by atoms with van der Waals surface area (Å²) >= 11 is 0. The van der Waals surface area contributed by atoms with Gasteiger partial charge in [-0.2, -0.15) is 0 Å². The summed E-state index contributed by atoms with van der Waals surface area (Å²) in [6.07, 6.45) is 7.22. The highest BCUT2D eigenvalue weighted by molar-refractivity contribution is 6.05. The highest BCUT2D eigenvalue weighted by Crippen LogP contribution is 2.35. The first-order valence-electron chi connectivity index (χ1n) is 11.9. The molecular weight excluding hydrogens is 410 g/mol. The summed E-state index contributed by atoms with van der Waals surface area (Å²) in [5.41, 5.74) is 1.51. The molecule has 4 aliphatic heterocycles. The molecule has 0 radical (unpaired) electrons. The molecule has 1 saturated carbocycles. The minimum atomic E-state index is -0.590. The van der Waals surface area contributed by atoms with Gasteiger partial charge in [0.25, 0.3) is 5.91 Å². The third kappa shape index (κ3) is 3.49. The minimum absolute atomic E-state index is 0.147.